The Morgan fingerprint density at radius 3 is 2.56 bits per heavy atom. The first-order chi connectivity index (χ1) is 12.7. The fraction of sp³-hybridized carbons (Fsp3) is 0.316. The Balaban J connectivity index is 1.72. The Bertz CT molecular complexity index is 962. The molecule has 1 amide bonds. The molecular formula is C19H22N4O3S. The maximum Gasteiger partial charge on any atom is 0.255 e. The number of nitrogens with one attached hydrogen (secondary N) is 1. The van der Waals surface area contributed by atoms with E-state index in [-0.39, 0.29) is 10.8 Å². The van der Waals surface area contributed by atoms with Crippen LogP contribution in [0.2, 0.25) is 0 Å². The van der Waals surface area contributed by atoms with Crippen molar-refractivity contribution in [1.82, 2.24) is 14.7 Å². The van der Waals surface area contributed by atoms with Gasteiger partial charge in [0.05, 0.1) is 0 Å². The summed E-state index contributed by atoms with van der Waals surface area (Å²) in [5, 5.41) is 0. The fourth-order valence-electron chi connectivity index (χ4n) is 2.77. The highest BCUT2D eigenvalue weighted by molar-refractivity contribution is 7.89. The second-order valence-corrected chi connectivity index (χ2v) is 9.07. The molecule has 0 aromatic carbocycles. The number of carbonyl (C=O) groups is 1. The normalized spacial score (nSPS) is 15.1. The van der Waals surface area contributed by atoms with Gasteiger partial charge in [-0.3, -0.25) is 14.7 Å². The molecule has 0 saturated heterocycles. The van der Waals surface area contributed by atoms with Gasteiger partial charge in [0, 0.05) is 42.7 Å². The summed E-state index contributed by atoms with van der Waals surface area (Å²) in [5.41, 5.74) is 1.05. The number of sulfonamides is 1. The van der Waals surface area contributed by atoms with Crippen LogP contribution in [0, 0.1) is 0 Å². The van der Waals surface area contributed by atoms with E-state index in [1.54, 1.807) is 39.2 Å². The lowest BCUT2D eigenvalue weighted by Gasteiger charge is -2.20. The molecule has 0 fully saturated rings. The number of amides is 1. The summed E-state index contributed by atoms with van der Waals surface area (Å²) in [6.45, 7) is 5.72. The van der Waals surface area contributed by atoms with E-state index in [4.69, 9.17) is 0 Å². The van der Waals surface area contributed by atoms with Crippen LogP contribution >= 0.6 is 0 Å². The van der Waals surface area contributed by atoms with Crippen LogP contribution in [0.1, 0.15) is 26.3 Å². The summed E-state index contributed by atoms with van der Waals surface area (Å²) in [7, 11) is -3.66. The van der Waals surface area contributed by atoms with Gasteiger partial charge in [-0.05, 0) is 44.5 Å². The Labute approximate surface area is 159 Å². The first kappa shape index (κ1) is 19.2. The molecule has 3 rings (SSSR count). The molecule has 1 aliphatic heterocycles. The van der Waals surface area contributed by atoms with Crippen LogP contribution in [0.3, 0.4) is 0 Å². The van der Waals surface area contributed by atoms with E-state index >= 15 is 0 Å². The van der Waals surface area contributed by atoms with Gasteiger partial charge in [0.25, 0.3) is 5.91 Å². The summed E-state index contributed by atoms with van der Waals surface area (Å²) in [6, 6.07) is 6.77. The molecule has 0 bridgehead atoms. The van der Waals surface area contributed by atoms with Crippen molar-refractivity contribution >= 4 is 21.7 Å². The molecule has 27 heavy (non-hydrogen) atoms. The van der Waals surface area contributed by atoms with Crippen LogP contribution in [0.4, 0.5) is 5.82 Å². The van der Waals surface area contributed by atoms with Crippen molar-refractivity contribution in [3.05, 3.63) is 60.1 Å². The molecule has 0 unspecified atom stereocenters. The molecule has 2 aromatic heterocycles. The number of hydrogen-bond acceptors (Lipinski definition) is 5. The number of anilines is 1. The second-order valence-electron chi connectivity index (χ2n) is 7.39. The standard InChI is InChI=1S/C19H22N4O3S/c1-19(2,3)22-27(25,26)16-6-7-17(21-13-16)23-10-8-15(18(23)24)11-14-5-4-9-20-12-14/h4-9,12-13,22H,10-11H2,1-3H3. The number of rotatable bonds is 5. The highest BCUT2D eigenvalue weighted by Crippen LogP contribution is 2.23. The minimum atomic E-state index is -3.66. The fourth-order valence-corrected chi connectivity index (χ4v) is 4.13. The molecule has 0 saturated carbocycles. The largest absolute Gasteiger partial charge is 0.289 e. The van der Waals surface area contributed by atoms with Crippen molar-refractivity contribution in [3.63, 3.8) is 0 Å². The highest BCUT2D eigenvalue weighted by atomic mass is 32.2. The third-order valence-corrected chi connectivity index (χ3v) is 5.65. The van der Waals surface area contributed by atoms with E-state index < -0.39 is 15.6 Å². The lowest BCUT2D eigenvalue weighted by atomic mass is 10.1. The van der Waals surface area contributed by atoms with E-state index in [9.17, 15) is 13.2 Å². The molecule has 7 nitrogen and oxygen atoms in total. The molecule has 1 N–H and O–H groups in total. The maximum absolute atomic E-state index is 12.6. The topological polar surface area (TPSA) is 92.3 Å². The molecule has 0 aliphatic carbocycles. The number of pyridine rings is 2. The molecule has 3 heterocycles. The van der Waals surface area contributed by atoms with Gasteiger partial charge in [0.2, 0.25) is 10.0 Å². The zero-order valence-corrected chi connectivity index (χ0v) is 16.3. The van der Waals surface area contributed by atoms with E-state index in [1.807, 2.05) is 18.2 Å². The minimum Gasteiger partial charge on any atom is -0.289 e. The summed E-state index contributed by atoms with van der Waals surface area (Å²) >= 11 is 0. The average Bonchev–Trinajstić information content (AvgIpc) is 2.95. The Morgan fingerprint density at radius 1 is 1.19 bits per heavy atom. The van der Waals surface area contributed by atoms with Gasteiger partial charge in [-0.15, -0.1) is 0 Å². The Morgan fingerprint density at radius 2 is 1.96 bits per heavy atom. The molecule has 1 aliphatic rings. The first-order valence-electron chi connectivity index (χ1n) is 8.55. The molecule has 142 valence electrons. The second kappa shape index (κ2) is 7.21. The van der Waals surface area contributed by atoms with Crippen LogP contribution in [-0.4, -0.2) is 36.4 Å². The average molecular weight is 386 g/mol. The van der Waals surface area contributed by atoms with Crippen molar-refractivity contribution in [2.24, 2.45) is 0 Å². The van der Waals surface area contributed by atoms with Crippen LogP contribution in [-0.2, 0) is 21.2 Å². The predicted molar refractivity (Wildman–Crippen MR) is 103 cm³/mol. The summed E-state index contributed by atoms with van der Waals surface area (Å²) in [6.07, 6.45) is 7.06. The van der Waals surface area contributed by atoms with Gasteiger partial charge in [-0.1, -0.05) is 12.1 Å². The van der Waals surface area contributed by atoms with Crippen molar-refractivity contribution in [1.29, 1.82) is 0 Å². The van der Waals surface area contributed by atoms with Gasteiger partial charge in [0.15, 0.2) is 0 Å². The zero-order valence-electron chi connectivity index (χ0n) is 15.5. The van der Waals surface area contributed by atoms with Crippen LogP contribution in [0.5, 0.6) is 0 Å². The predicted octanol–water partition coefficient (Wildman–Crippen LogP) is 2.07. The van der Waals surface area contributed by atoms with Gasteiger partial charge < -0.3 is 0 Å². The van der Waals surface area contributed by atoms with Crippen LogP contribution in [0.25, 0.3) is 0 Å². The molecule has 0 atom stereocenters. The first-order valence-corrected chi connectivity index (χ1v) is 10.0. The molecule has 0 spiro atoms. The van der Waals surface area contributed by atoms with Crippen LogP contribution < -0.4 is 9.62 Å². The van der Waals surface area contributed by atoms with Crippen molar-refractivity contribution < 1.29 is 13.2 Å². The van der Waals surface area contributed by atoms with E-state index in [0.29, 0.717) is 24.4 Å². The van der Waals surface area contributed by atoms with Crippen molar-refractivity contribution in [3.8, 4) is 0 Å². The van der Waals surface area contributed by atoms with Gasteiger partial charge in [0.1, 0.15) is 10.7 Å². The Hall–Kier alpha value is -2.58. The minimum absolute atomic E-state index is 0.0661. The smallest absolute Gasteiger partial charge is 0.255 e. The highest BCUT2D eigenvalue weighted by Gasteiger charge is 2.27. The number of hydrogen-bond donors (Lipinski definition) is 1. The lowest BCUT2D eigenvalue weighted by molar-refractivity contribution is -0.114. The maximum atomic E-state index is 12.6. The van der Waals surface area contributed by atoms with E-state index in [0.717, 1.165) is 5.56 Å². The quantitative estimate of drug-likeness (QED) is 0.849. The van der Waals surface area contributed by atoms with Gasteiger partial charge in [-0.2, -0.15) is 0 Å². The molecule has 2 aromatic rings. The number of carbonyl (C=O) groups excluding carboxylic acids is 1. The monoisotopic (exact) mass is 386 g/mol. The van der Waals surface area contributed by atoms with E-state index in [2.05, 4.69) is 14.7 Å². The van der Waals surface area contributed by atoms with Gasteiger partial charge in [-0.25, -0.2) is 18.1 Å². The van der Waals surface area contributed by atoms with Gasteiger partial charge >= 0.3 is 0 Å². The van der Waals surface area contributed by atoms with Crippen LogP contribution in [0.15, 0.2) is 59.4 Å². The van der Waals surface area contributed by atoms with Crippen molar-refractivity contribution in [2.45, 2.75) is 37.6 Å². The Kier molecular flexibility index (Phi) is 5.12. The van der Waals surface area contributed by atoms with Crippen molar-refractivity contribution in [2.75, 3.05) is 11.4 Å². The molecular weight excluding hydrogens is 364 g/mol. The molecule has 8 heteroatoms. The summed E-state index contributed by atoms with van der Waals surface area (Å²) < 4.78 is 27.3. The third-order valence-electron chi connectivity index (χ3n) is 3.91. The zero-order chi connectivity index (χ0) is 19.7. The summed E-state index contributed by atoms with van der Waals surface area (Å²) in [4.78, 5) is 22.5. The third kappa shape index (κ3) is 4.58. The number of nitrogens with zero attached hydrogens (tertiary/aromatic N) is 3. The lowest BCUT2D eigenvalue weighted by Crippen LogP contribution is -2.40. The number of aromatic nitrogens is 2. The SMILES string of the molecule is CC(C)(C)NS(=O)(=O)c1ccc(N2CC=C(Cc3cccnc3)C2=O)nc1. The van der Waals surface area contributed by atoms with E-state index in [1.165, 1.54) is 17.2 Å². The molecule has 0 radical (unpaired) electrons. The summed E-state index contributed by atoms with van der Waals surface area (Å²) in [5.74, 6) is 0.293.